The van der Waals surface area contributed by atoms with Crippen LogP contribution in [0.5, 0.6) is 0 Å². The third kappa shape index (κ3) is 7.16. The molecule has 0 aliphatic carbocycles. The van der Waals surface area contributed by atoms with E-state index in [1.165, 1.54) is 30.3 Å². The molecule has 2 amide bonds. The number of thiocarbonyl (C=S) groups is 1. The van der Waals surface area contributed by atoms with Crippen molar-refractivity contribution in [1.82, 2.24) is 5.32 Å². The zero-order valence-corrected chi connectivity index (χ0v) is 18.9. The van der Waals surface area contributed by atoms with Crippen molar-refractivity contribution in [2.75, 3.05) is 10.6 Å². The van der Waals surface area contributed by atoms with E-state index < -0.39 is 23.6 Å². The average Bonchev–Trinajstić information content (AvgIpc) is 2.78. The summed E-state index contributed by atoms with van der Waals surface area (Å²) in [6.45, 7) is 0. The number of hydrogen-bond acceptors (Lipinski definition) is 3. The number of rotatable bonds is 5. The highest BCUT2D eigenvalue weighted by Gasteiger charge is 2.30. The van der Waals surface area contributed by atoms with Crippen molar-refractivity contribution < 1.29 is 22.8 Å². The van der Waals surface area contributed by atoms with Crippen LogP contribution in [0.3, 0.4) is 0 Å². The Morgan fingerprint density at radius 3 is 2.26 bits per heavy atom. The molecule has 0 aromatic heterocycles. The molecule has 0 saturated heterocycles. The molecule has 3 aromatic rings. The number of alkyl halides is 3. The number of halogens is 4. The van der Waals surface area contributed by atoms with Gasteiger partial charge in [-0.2, -0.15) is 13.2 Å². The van der Waals surface area contributed by atoms with E-state index in [2.05, 4.69) is 16.0 Å². The fraction of sp³-hybridized carbons (Fsp3) is 0.0417. The lowest BCUT2D eigenvalue weighted by atomic mass is 10.1. The maximum absolute atomic E-state index is 12.8. The van der Waals surface area contributed by atoms with Gasteiger partial charge in [0.05, 0.1) is 5.56 Å². The van der Waals surface area contributed by atoms with Crippen molar-refractivity contribution in [1.29, 1.82) is 0 Å². The second-order valence-electron chi connectivity index (χ2n) is 6.91. The molecular formula is C24H17ClF3N3O2S. The van der Waals surface area contributed by atoms with E-state index in [0.29, 0.717) is 16.3 Å². The van der Waals surface area contributed by atoms with Crippen molar-refractivity contribution in [3.63, 3.8) is 0 Å². The zero-order valence-electron chi connectivity index (χ0n) is 17.3. The third-order valence-corrected chi connectivity index (χ3v) is 4.96. The van der Waals surface area contributed by atoms with E-state index in [4.69, 9.17) is 23.8 Å². The number of benzene rings is 3. The molecule has 34 heavy (non-hydrogen) atoms. The fourth-order valence-electron chi connectivity index (χ4n) is 2.77. The minimum absolute atomic E-state index is 0.0239. The molecule has 0 radical (unpaired) electrons. The quantitative estimate of drug-likeness (QED) is 0.289. The van der Waals surface area contributed by atoms with Gasteiger partial charge in [-0.1, -0.05) is 35.9 Å². The molecule has 0 aliphatic rings. The van der Waals surface area contributed by atoms with Gasteiger partial charge in [-0.3, -0.25) is 14.9 Å². The summed E-state index contributed by atoms with van der Waals surface area (Å²) in [4.78, 5) is 24.4. The van der Waals surface area contributed by atoms with Gasteiger partial charge in [-0.05, 0) is 72.4 Å². The monoisotopic (exact) mass is 503 g/mol. The Labute approximate surface area is 203 Å². The SMILES string of the molecule is O=C(/C=C/c1ccccc1Cl)NC(=S)Nc1ccc(C(=O)Nc2cccc(C(F)(F)F)c2)cc1. The largest absolute Gasteiger partial charge is 0.416 e. The first kappa shape index (κ1) is 24.9. The Morgan fingerprint density at radius 2 is 1.59 bits per heavy atom. The highest BCUT2D eigenvalue weighted by molar-refractivity contribution is 7.80. The Balaban J connectivity index is 1.55. The van der Waals surface area contributed by atoms with Crippen LogP contribution < -0.4 is 16.0 Å². The summed E-state index contributed by atoms with van der Waals surface area (Å²) in [6.07, 6.45) is -1.67. The second kappa shape index (κ2) is 11.0. The van der Waals surface area contributed by atoms with Crippen LogP contribution in [0, 0.1) is 0 Å². The molecule has 0 spiro atoms. The van der Waals surface area contributed by atoms with Crippen LogP contribution in [0.25, 0.3) is 6.08 Å². The zero-order chi connectivity index (χ0) is 24.7. The average molecular weight is 504 g/mol. The van der Waals surface area contributed by atoms with E-state index in [1.54, 1.807) is 42.5 Å². The number of nitrogens with one attached hydrogen (secondary N) is 3. The molecule has 0 aliphatic heterocycles. The smallest absolute Gasteiger partial charge is 0.332 e. The summed E-state index contributed by atoms with van der Waals surface area (Å²) in [5.74, 6) is -1.04. The molecule has 0 saturated carbocycles. The van der Waals surface area contributed by atoms with Crippen molar-refractivity contribution >= 4 is 58.2 Å². The van der Waals surface area contributed by atoms with Gasteiger partial charge in [0.1, 0.15) is 0 Å². The molecule has 0 atom stereocenters. The maximum Gasteiger partial charge on any atom is 0.416 e. The third-order valence-electron chi connectivity index (χ3n) is 4.41. The Hall–Kier alpha value is -3.69. The first-order valence-electron chi connectivity index (χ1n) is 9.75. The molecule has 0 bridgehead atoms. The molecular weight excluding hydrogens is 487 g/mol. The van der Waals surface area contributed by atoms with Crippen LogP contribution in [0.2, 0.25) is 5.02 Å². The topological polar surface area (TPSA) is 70.2 Å². The normalized spacial score (nSPS) is 11.2. The minimum atomic E-state index is -4.51. The van der Waals surface area contributed by atoms with Gasteiger partial charge >= 0.3 is 6.18 Å². The van der Waals surface area contributed by atoms with Gasteiger partial charge in [-0.15, -0.1) is 0 Å². The van der Waals surface area contributed by atoms with E-state index in [0.717, 1.165) is 12.1 Å². The molecule has 0 unspecified atom stereocenters. The van der Waals surface area contributed by atoms with Crippen LogP contribution in [0.15, 0.2) is 78.9 Å². The predicted octanol–water partition coefficient (Wildman–Crippen LogP) is 6.14. The van der Waals surface area contributed by atoms with Crippen molar-refractivity contribution in [3.05, 3.63) is 101 Å². The first-order valence-corrected chi connectivity index (χ1v) is 10.5. The minimum Gasteiger partial charge on any atom is -0.332 e. The van der Waals surface area contributed by atoms with Gasteiger partial charge in [-0.25, -0.2) is 0 Å². The second-order valence-corrected chi connectivity index (χ2v) is 7.72. The van der Waals surface area contributed by atoms with Crippen molar-refractivity contribution in [2.45, 2.75) is 6.18 Å². The van der Waals surface area contributed by atoms with E-state index in [1.807, 2.05) is 0 Å². The molecule has 3 rings (SSSR count). The number of anilines is 2. The highest BCUT2D eigenvalue weighted by Crippen LogP contribution is 2.30. The molecule has 0 fully saturated rings. The summed E-state index contributed by atoms with van der Waals surface area (Å²) in [5.41, 5.74) is 0.562. The first-order chi connectivity index (χ1) is 16.1. The van der Waals surface area contributed by atoms with E-state index >= 15 is 0 Å². The fourth-order valence-corrected chi connectivity index (χ4v) is 3.19. The highest BCUT2D eigenvalue weighted by atomic mass is 35.5. The summed E-state index contributed by atoms with van der Waals surface area (Å²) >= 11 is 11.1. The van der Waals surface area contributed by atoms with Crippen molar-refractivity contribution in [3.8, 4) is 0 Å². The van der Waals surface area contributed by atoms with Gasteiger partial charge in [0.25, 0.3) is 5.91 Å². The maximum atomic E-state index is 12.8. The van der Waals surface area contributed by atoms with Crippen molar-refractivity contribution in [2.24, 2.45) is 0 Å². The summed E-state index contributed by atoms with van der Waals surface area (Å²) in [6, 6.07) is 17.4. The molecule has 10 heteroatoms. The van der Waals surface area contributed by atoms with Gasteiger partial charge in [0.15, 0.2) is 5.11 Å². The van der Waals surface area contributed by atoms with Crippen LogP contribution in [-0.4, -0.2) is 16.9 Å². The molecule has 5 nitrogen and oxygen atoms in total. The number of amides is 2. The lowest BCUT2D eigenvalue weighted by molar-refractivity contribution is -0.137. The number of hydrogen-bond donors (Lipinski definition) is 3. The molecule has 3 N–H and O–H groups in total. The standard InChI is InChI=1S/C24H17ClF3N3O2S/c25-20-7-2-1-4-15(20)10-13-21(32)31-23(34)30-18-11-8-16(9-12-18)22(33)29-19-6-3-5-17(14-19)24(26,27)28/h1-14H,(H,29,33)(H2,30,31,32,34)/b13-10+. The molecule has 0 heterocycles. The summed E-state index contributed by atoms with van der Waals surface area (Å²) < 4.78 is 38.5. The van der Waals surface area contributed by atoms with E-state index in [9.17, 15) is 22.8 Å². The Morgan fingerprint density at radius 1 is 0.882 bits per heavy atom. The Kier molecular flexibility index (Phi) is 8.04. The summed E-state index contributed by atoms with van der Waals surface area (Å²) in [7, 11) is 0. The van der Waals surface area contributed by atoms with E-state index in [-0.39, 0.29) is 16.4 Å². The lowest BCUT2D eigenvalue weighted by Gasteiger charge is -2.11. The number of carbonyl (C=O) groups is 2. The molecule has 174 valence electrons. The Bertz CT molecular complexity index is 1240. The van der Waals surface area contributed by atoms with Crippen LogP contribution in [0.1, 0.15) is 21.5 Å². The lowest BCUT2D eigenvalue weighted by Crippen LogP contribution is -2.32. The summed E-state index contributed by atoms with van der Waals surface area (Å²) in [5, 5.41) is 8.26. The van der Waals surface area contributed by atoms with Gasteiger partial charge in [0, 0.05) is 28.0 Å². The molecule has 3 aromatic carbocycles. The number of carbonyl (C=O) groups excluding carboxylic acids is 2. The van der Waals surface area contributed by atoms with Crippen LogP contribution in [0.4, 0.5) is 24.5 Å². The van der Waals surface area contributed by atoms with Gasteiger partial charge in [0.2, 0.25) is 5.91 Å². The predicted molar refractivity (Wildman–Crippen MR) is 131 cm³/mol. The van der Waals surface area contributed by atoms with Crippen LogP contribution >= 0.6 is 23.8 Å². The van der Waals surface area contributed by atoms with Gasteiger partial charge < -0.3 is 10.6 Å². The van der Waals surface area contributed by atoms with Crippen LogP contribution in [-0.2, 0) is 11.0 Å².